The lowest BCUT2D eigenvalue weighted by Crippen LogP contribution is -2.17. The molecule has 0 bridgehead atoms. The van der Waals surface area contributed by atoms with Crippen LogP contribution in [0, 0.1) is 11.6 Å². The molecule has 0 radical (unpaired) electrons. The van der Waals surface area contributed by atoms with Gasteiger partial charge >= 0.3 is 0 Å². The van der Waals surface area contributed by atoms with E-state index in [-0.39, 0.29) is 38.3 Å². The van der Waals surface area contributed by atoms with Crippen LogP contribution >= 0.6 is 23.2 Å². The van der Waals surface area contributed by atoms with Crippen LogP contribution < -0.4 is 15.4 Å². The summed E-state index contributed by atoms with van der Waals surface area (Å²) in [7, 11) is 1.35. The standard InChI is InChI=1S/C21H14Cl2F2N2O3/c1-30-19-7-2-11(20(28)26-17-9-12(24)3-5-15(17)22)8-14(19)21(29)27-18-10-13(25)4-6-16(18)23/h2-10H,1H3,(H,26,28)(H,27,29). The number of amides is 2. The van der Waals surface area contributed by atoms with Crippen molar-refractivity contribution in [1.29, 1.82) is 0 Å². The van der Waals surface area contributed by atoms with Gasteiger partial charge in [-0.1, -0.05) is 23.2 Å². The van der Waals surface area contributed by atoms with Crippen molar-refractivity contribution in [2.75, 3.05) is 17.7 Å². The van der Waals surface area contributed by atoms with Gasteiger partial charge in [-0.15, -0.1) is 0 Å². The lowest BCUT2D eigenvalue weighted by atomic mass is 10.1. The topological polar surface area (TPSA) is 67.4 Å². The Morgan fingerprint density at radius 1 is 0.800 bits per heavy atom. The molecule has 0 aliphatic rings. The van der Waals surface area contributed by atoms with Crippen LogP contribution in [0.15, 0.2) is 54.6 Å². The summed E-state index contributed by atoms with van der Waals surface area (Å²) in [6.45, 7) is 0. The van der Waals surface area contributed by atoms with Gasteiger partial charge in [0.25, 0.3) is 11.8 Å². The van der Waals surface area contributed by atoms with Gasteiger partial charge in [-0.2, -0.15) is 0 Å². The van der Waals surface area contributed by atoms with Crippen LogP contribution in [0.4, 0.5) is 20.2 Å². The lowest BCUT2D eigenvalue weighted by molar-refractivity contribution is 0.102. The highest BCUT2D eigenvalue weighted by atomic mass is 35.5. The minimum atomic E-state index is -0.669. The van der Waals surface area contributed by atoms with Crippen molar-refractivity contribution in [3.8, 4) is 5.75 Å². The zero-order chi connectivity index (χ0) is 21.8. The van der Waals surface area contributed by atoms with Crippen molar-refractivity contribution in [3.05, 3.63) is 87.4 Å². The average Bonchev–Trinajstić information content (AvgIpc) is 2.72. The molecule has 3 rings (SSSR count). The average molecular weight is 451 g/mol. The van der Waals surface area contributed by atoms with Crippen molar-refractivity contribution in [2.45, 2.75) is 0 Å². The Morgan fingerprint density at radius 3 is 1.87 bits per heavy atom. The Labute approximate surface area is 180 Å². The van der Waals surface area contributed by atoms with Gasteiger partial charge in [0.05, 0.1) is 34.1 Å². The van der Waals surface area contributed by atoms with Crippen LogP contribution in [0.3, 0.4) is 0 Å². The number of carbonyl (C=O) groups excluding carboxylic acids is 2. The normalized spacial score (nSPS) is 10.4. The first-order chi connectivity index (χ1) is 14.3. The summed E-state index contributed by atoms with van der Waals surface area (Å²) in [6, 6.07) is 11.2. The van der Waals surface area contributed by atoms with E-state index in [9.17, 15) is 18.4 Å². The van der Waals surface area contributed by atoms with Crippen molar-refractivity contribution in [3.63, 3.8) is 0 Å². The van der Waals surface area contributed by atoms with E-state index in [1.165, 1.54) is 37.4 Å². The van der Waals surface area contributed by atoms with E-state index in [0.29, 0.717) is 0 Å². The summed E-state index contributed by atoms with van der Waals surface area (Å²) in [6.07, 6.45) is 0. The Hall–Kier alpha value is -3.16. The molecule has 0 aromatic heterocycles. The molecule has 0 unspecified atom stereocenters. The molecular formula is C21H14Cl2F2N2O3. The van der Waals surface area contributed by atoms with E-state index in [1.54, 1.807) is 0 Å². The number of ether oxygens (including phenoxy) is 1. The Morgan fingerprint density at radius 2 is 1.33 bits per heavy atom. The quantitative estimate of drug-likeness (QED) is 0.517. The second-order valence-corrected chi connectivity index (χ2v) is 6.89. The molecule has 0 fully saturated rings. The second-order valence-electron chi connectivity index (χ2n) is 6.07. The monoisotopic (exact) mass is 450 g/mol. The van der Waals surface area contributed by atoms with Gasteiger partial charge < -0.3 is 15.4 Å². The molecule has 2 N–H and O–H groups in total. The highest BCUT2D eigenvalue weighted by molar-refractivity contribution is 6.34. The van der Waals surface area contributed by atoms with E-state index >= 15 is 0 Å². The van der Waals surface area contributed by atoms with Crippen LogP contribution in [0.2, 0.25) is 10.0 Å². The van der Waals surface area contributed by atoms with Crippen molar-refractivity contribution in [2.24, 2.45) is 0 Å². The van der Waals surface area contributed by atoms with E-state index in [1.807, 2.05) is 0 Å². The number of hydrogen-bond donors (Lipinski definition) is 2. The molecule has 3 aromatic carbocycles. The van der Waals surface area contributed by atoms with E-state index in [2.05, 4.69) is 10.6 Å². The van der Waals surface area contributed by atoms with Crippen LogP contribution in [-0.2, 0) is 0 Å². The summed E-state index contributed by atoms with van der Waals surface area (Å²) < 4.78 is 32.1. The molecule has 0 heterocycles. The number of hydrogen-bond acceptors (Lipinski definition) is 3. The molecule has 0 saturated heterocycles. The predicted molar refractivity (Wildman–Crippen MR) is 112 cm³/mol. The third-order valence-electron chi connectivity index (χ3n) is 4.06. The van der Waals surface area contributed by atoms with Gasteiger partial charge in [-0.3, -0.25) is 9.59 Å². The first-order valence-corrected chi connectivity index (χ1v) is 9.25. The summed E-state index contributed by atoms with van der Waals surface area (Å²) in [4.78, 5) is 25.3. The Balaban J connectivity index is 1.89. The fourth-order valence-electron chi connectivity index (χ4n) is 2.60. The largest absolute Gasteiger partial charge is 0.496 e. The number of methoxy groups -OCH3 is 1. The van der Waals surface area contributed by atoms with Gasteiger partial charge in [-0.05, 0) is 54.6 Å². The van der Waals surface area contributed by atoms with E-state index in [0.717, 1.165) is 24.3 Å². The summed E-state index contributed by atoms with van der Waals surface area (Å²) >= 11 is 11.9. The zero-order valence-electron chi connectivity index (χ0n) is 15.4. The summed E-state index contributed by atoms with van der Waals surface area (Å²) in [5.41, 5.74) is 0.238. The lowest BCUT2D eigenvalue weighted by Gasteiger charge is -2.13. The Kier molecular flexibility index (Phi) is 6.54. The van der Waals surface area contributed by atoms with Gasteiger partial charge in [0.2, 0.25) is 0 Å². The molecule has 3 aromatic rings. The minimum absolute atomic E-state index is 0.0100. The third-order valence-corrected chi connectivity index (χ3v) is 4.72. The highest BCUT2D eigenvalue weighted by Crippen LogP contribution is 2.27. The van der Waals surface area contributed by atoms with Crippen molar-refractivity contribution < 1.29 is 23.1 Å². The van der Waals surface area contributed by atoms with Crippen LogP contribution in [0.1, 0.15) is 20.7 Å². The van der Waals surface area contributed by atoms with E-state index in [4.69, 9.17) is 27.9 Å². The number of nitrogens with one attached hydrogen (secondary N) is 2. The van der Waals surface area contributed by atoms with Gasteiger partial charge in [0, 0.05) is 5.56 Å². The molecule has 9 heteroatoms. The van der Waals surface area contributed by atoms with Crippen LogP contribution in [0.5, 0.6) is 5.75 Å². The smallest absolute Gasteiger partial charge is 0.259 e. The molecule has 0 atom stereocenters. The minimum Gasteiger partial charge on any atom is -0.496 e. The summed E-state index contributed by atoms with van der Waals surface area (Å²) in [5.74, 6) is -2.26. The SMILES string of the molecule is COc1ccc(C(=O)Nc2cc(F)ccc2Cl)cc1C(=O)Nc1cc(F)ccc1Cl. The van der Waals surface area contributed by atoms with Crippen molar-refractivity contribution >= 4 is 46.4 Å². The van der Waals surface area contributed by atoms with Crippen molar-refractivity contribution in [1.82, 2.24) is 0 Å². The molecule has 0 aliphatic heterocycles. The number of rotatable bonds is 5. The molecule has 30 heavy (non-hydrogen) atoms. The number of benzene rings is 3. The number of halogens is 4. The van der Waals surface area contributed by atoms with Crippen LogP contribution in [0.25, 0.3) is 0 Å². The molecule has 0 saturated carbocycles. The molecule has 5 nitrogen and oxygen atoms in total. The molecule has 154 valence electrons. The first kappa shape index (κ1) is 21.5. The molecule has 0 aliphatic carbocycles. The van der Waals surface area contributed by atoms with E-state index < -0.39 is 23.4 Å². The van der Waals surface area contributed by atoms with Gasteiger partial charge in [0.1, 0.15) is 17.4 Å². The second kappa shape index (κ2) is 9.11. The predicted octanol–water partition coefficient (Wildman–Crippen LogP) is 5.78. The molecule has 2 amide bonds. The maximum absolute atomic E-state index is 13.5. The van der Waals surface area contributed by atoms with Gasteiger partial charge in [-0.25, -0.2) is 8.78 Å². The molecule has 0 spiro atoms. The maximum Gasteiger partial charge on any atom is 0.259 e. The van der Waals surface area contributed by atoms with Gasteiger partial charge in [0.15, 0.2) is 0 Å². The first-order valence-electron chi connectivity index (χ1n) is 8.49. The Bertz CT molecular complexity index is 1140. The fourth-order valence-corrected chi connectivity index (χ4v) is 2.93. The summed E-state index contributed by atoms with van der Waals surface area (Å²) in [5, 5.41) is 5.25. The highest BCUT2D eigenvalue weighted by Gasteiger charge is 2.18. The number of anilines is 2. The maximum atomic E-state index is 13.5. The fraction of sp³-hybridized carbons (Fsp3) is 0.0476. The van der Waals surface area contributed by atoms with Crippen LogP contribution in [-0.4, -0.2) is 18.9 Å². The zero-order valence-corrected chi connectivity index (χ0v) is 16.9. The number of carbonyl (C=O) groups is 2. The third kappa shape index (κ3) is 4.87. The molecular weight excluding hydrogens is 437 g/mol.